The fourth-order valence-corrected chi connectivity index (χ4v) is 2.21. The van der Waals surface area contributed by atoms with Gasteiger partial charge in [-0.3, -0.25) is 0 Å². The molecule has 0 unspecified atom stereocenters. The van der Waals surface area contributed by atoms with E-state index in [2.05, 4.69) is 6.92 Å². The number of halogens is 1. The van der Waals surface area contributed by atoms with Crippen molar-refractivity contribution in [2.45, 2.75) is 18.4 Å². The zero-order valence-corrected chi connectivity index (χ0v) is 8.58. The van der Waals surface area contributed by atoms with Crippen molar-refractivity contribution in [2.24, 2.45) is 5.73 Å². The molecule has 2 N–H and O–H groups in total. The summed E-state index contributed by atoms with van der Waals surface area (Å²) in [7, 11) is 0. The van der Waals surface area contributed by atoms with Crippen LogP contribution in [-0.2, 0) is 6.54 Å². The summed E-state index contributed by atoms with van der Waals surface area (Å²) in [6.45, 7) is 2.66. The lowest BCUT2D eigenvalue weighted by atomic mass is 10.2. The van der Waals surface area contributed by atoms with Crippen molar-refractivity contribution in [3.05, 3.63) is 28.8 Å². The van der Waals surface area contributed by atoms with Gasteiger partial charge in [-0.05, 0) is 17.4 Å². The van der Waals surface area contributed by atoms with Gasteiger partial charge in [0.15, 0.2) is 0 Å². The first kappa shape index (κ1) is 9.90. The van der Waals surface area contributed by atoms with E-state index >= 15 is 0 Å². The summed E-state index contributed by atoms with van der Waals surface area (Å²) in [4.78, 5) is 1.13. The van der Waals surface area contributed by atoms with Crippen LogP contribution in [0.2, 0.25) is 5.02 Å². The van der Waals surface area contributed by atoms with E-state index in [0.29, 0.717) is 6.54 Å². The Morgan fingerprint density at radius 3 is 2.83 bits per heavy atom. The molecule has 0 bridgehead atoms. The predicted octanol–water partition coefficient (Wildman–Crippen LogP) is 2.91. The monoisotopic (exact) mass is 201 g/mol. The third-order valence-electron chi connectivity index (χ3n) is 1.56. The maximum atomic E-state index is 6.01. The Morgan fingerprint density at radius 1 is 1.50 bits per heavy atom. The highest BCUT2D eigenvalue weighted by molar-refractivity contribution is 7.99. The number of rotatable bonds is 3. The highest BCUT2D eigenvalue weighted by atomic mass is 35.5. The lowest BCUT2D eigenvalue weighted by Crippen LogP contribution is -1.98. The molecule has 0 aliphatic carbocycles. The summed E-state index contributed by atoms with van der Waals surface area (Å²) < 4.78 is 0. The predicted molar refractivity (Wildman–Crippen MR) is 55.7 cm³/mol. The average Bonchev–Trinajstić information content (AvgIpc) is 2.09. The highest BCUT2D eigenvalue weighted by Crippen LogP contribution is 2.30. The van der Waals surface area contributed by atoms with Crippen molar-refractivity contribution in [3.63, 3.8) is 0 Å². The Kier molecular flexibility index (Phi) is 3.92. The van der Waals surface area contributed by atoms with Crippen molar-refractivity contribution in [1.82, 2.24) is 0 Å². The Labute approximate surface area is 82.3 Å². The second-order valence-corrected chi connectivity index (χ2v) is 4.05. The molecule has 0 aromatic heterocycles. The molecule has 1 aromatic carbocycles. The van der Waals surface area contributed by atoms with E-state index in [4.69, 9.17) is 17.3 Å². The van der Waals surface area contributed by atoms with Gasteiger partial charge in [-0.15, -0.1) is 11.8 Å². The molecule has 0 radical (unpaired) electrons. The first-order valence-electron chi connectivity index (χ1n) is 3.89. The number of benzene rings is 1. The third kappa shape index (κ3) is 2.16. The minimum absolute atomic E-state index is 0.558. The van der Waals surface area contributed by atoms with E-state index in [-0.39, 0.29) is 0 Å². The molecule has 0 atom stereocenters. The van der Waals surface area contributed by atoms with Crippen molar-refractivity contribution in [1.29, 1.82) is 0 Å². The second kappa shape index (κ2) is 4.75. The molecular weight excluding hydrogens is 190 g/mol. The first-order valence-corrected chi connectivity index (χ1v) is 5.26. The summed E-state index contributed by atoms with van der Waals surface area (Å²) in [5.41, 5.74) is 6.71. The fourth-order valence-electron chi connectivity index (χ4n) is 1.02. The van der Waals surface area contributed by atoms with Crippen molar-refractivity contribution >= 4 is 23.4 Å². The molecule has 1 rings (SSSR count). The van der Waals surface area contributed by atoms with Crippen LogP contribution < -0.4 is 5.73 Å². The van der Waals surface area contributed by atoms with E-state index in [1.165, 1.54) is 0 Å². The van der Waals surface area contributed by atoms with Gasteiger partial charge in [-0.2, -0.15) is 0 Å². The molecule has 0 spiro atoms. The van der Waals surface area contributed by atoms with Crippen LogP contribution in [0.1, 0.15) is 12.5 Å². The molecule has 66 valence electrons. The van der Waals surface area contributed by atoms with Crippen LogP contribution in [0.15, 0.2) is 23.1 Å². The van der Waals surface area contributed by atoms with Crippen LogP contribution in [0, 0.1) is 0 Å². The van der Waals surface area contributed by atoms with Crippen molar-refractivity contribution in [2.75, 3.05) is 5.75 Å². The number of hydrogen-bond donors (Lipinski definition) is 1. The zero-order valence-electron chi connectivity index (χ0n) is 7.01. The topological polar surface area (TPSA) is 26.0 Å². The molecule has 3 heteroatoms. The number of hydrogen-bond acceptors (Lipinski definition) is 2. The Hall–Kier alpha value is -0.180. The average molecular weight is 202 g/mol. The lowest BCUT2D eigenvalue weighted by molar-refractivity contribution is 1.03. The second-order valence-electron chi connectivity index (χ2n) is 2.37. The first-order chi connectivity index (χ1) is 5.79. The number of thioether (sulfide) groups is 1. The molecule has 0 aliphatic heterocycles. The smallest absolute Gasteiger partial charge is 0.0545 e. The maximum absolute atomic E-state index is 6.01. The molecule has 0 saturated carbocycles. The van der Waals surface area contributed by atoms with E-state index < -0.39 is 0 Å². The van der Waals surface area contributed by atoms with Gasteiger partial charge in [0.2, 0.25) is 0 Å². The van der Waals surface area contributed by atoms with Crippen LogP contribution in [0.5, 0.6) is 0 Å². The quantitative estimate of drug-likeness (QED) is 0.762. The summed E-state index contributed by atoms with van der Waals surface area (Å²) in [6.07, 6.45) is 0. The third-order valence-corrected chi connectivity index (χ3v) is 3.04. The van der Waals surface area contributed by atoms with Gasteiger partial charge in [0.1, 0.15) is 0 Å². The summed E-state index contributed by atoms with van der Waals surface area (Å²) in [6, 6.07) is 5.85. The van der Waals surface area contributed by atoms with Crippen molar-refractivity contribution in [3.8, 4) is 0 Å². The van der Waals surface area contributed by atoms with Crippen LogP contribution >= 0.6 is 23.4 Å². The van der Waals surface area contributed by atoms with Gasteiger partial charge in [-0.25, -0.2) is 0 Å². The van der Waals surface area contributed by atoms with E-state index in [9.17, 15) is 0 Å². The van der Waals surface area contributed by atoms with Crippen LogP contribution in [0.4, 0.5) is 0 Å². The molecule has 1 aromatic rings. The molecule has 0 saturated heterocycles. The van der Waals surface area contributed by atoms with Gasteiger partial charge < -0.3 is 5.73 Å². The van der Waals surface area contributed by atoms with E-state index in [1.54, 1.807) is 11.8 Å². The lowest BCUT2D eigenvalue weighted by Gasteiger charge is -2.07. The van der Waals surface area contributed by atoms with Crippen molar-refractivity contribution < 1.29 is 0 Å². The molecule has 0 heterocycles. The summed E-state index contributed by atoms with van der Waals surface area (Å²) in [5, 5.41) is 0.810. The normalized spacial score (nSPS) is 10.2. The van der Waals surface area contributed by atoms with E-state index in [0.717, 1.165) is 21.2 Å². The SMILES string of the molecule is CCSc1c(Cl)cccc1CN. The molecule has 0 fully saturated rings. The molecule has 0 amide bonds. The minimum Gasteiger partial charge on any atom is -0.326 e. The van der Waals surface area contributed by atoms with Gasteiger partial charge in [0, 0.05) is 11.4 Å². The fraction of sp³-hybridized carbons (Fsp3) is 0.333. The minimum atomic E-state index is 0.558. The van der Waals surface area contributed by atoms with Crippen LogP contribution in [-0.4, -0.2) is 5.75 Å². The highest BCUT2D eigenvalue weighted by Gasteiger charge is 2.04. The van der Waals surface area contributed by atoms with Crippen LogP contribution in [0.3, 0.4) is 0 Å². The van der Waals surface area contributed by atoms with E-state index in [1.807, 2.05) is 18.2 Å². The molecular formula is C9H12ClNS. The van der Waals surface area contributed by atoms with Gasteiger partial charge in [-0.1, -0.05) is 30.7 Å². The zero-order chi connectivity index (χ0) is 8.97. The molecule has 0 aliphatic rings. The largest absolute Gasteiger partial charge is 0.326 e. The van der Waals surface area contributed by atoms with Gasteiger partial charge >= 0.3 is 0 Å². The number of nitrogens with two attached hydrogens (primary N) is 1. The standard InChI is InChI=1S/C9H12ClNS/c1-2-12-9-7(6-11)4-3-5-8(9)10/h3-5H,2,6,11H2,1H3. The Balaban J connectivity index is 3.02. The molecule has 12 heavy (non-hydrogen) atoms. The van der Waals surface area contributed by atoms with Gasteiger partial charge in [0.05, 0.1) is 5.02 Å². The Morgan fingerprint density at radius 2 is 2.25 bits per heavy atom. The summed E-state index contributed by atoms with van der Waals surface area (Å²) in [5.74, 6) is 1.02. The Bertz CT molecular complexity index is 263. The maximum Gasteiger partial charge on any atom is 0.0545 e. The van der Waals surface area contributed by atoms with Gasteiger partial charge in [0.25, 0.3) is 0 Å². The molecule has 1 nitrogen and oxygen atoms in total. The van der Waals surface area contributed by atoms with Crippen LogP contribution in [0.25, 0.3) is 0 Å². The summed E-state index contributed by atoms with van der Waals surface area (Å²) >= 11 is 7.75.